The predicted molar refractivity (Wildman–Crippen MR) is 103 cm³/mol. The number of hydrogen-bond donors (Lipinski definition) is 2. The van der Waals surface area contributed by atoms with Gasteiger partial charge in [0, 0.05) is 28.1 Å². The van der Waals surface area contributed by atoms with Crippen LogP contribution in [0.1, 0.15) is 5.56 Å². The topological polar surface area (TPSA) is 24.1 Å². The normalized spacial score (nSPS) is 10.4. The molecule has 0 spiro atoms. The van der Waals surface area contributed by atoms with Crippen molar-refractivity contribution in [2.75, 3.05) is 17.6 Å². The summed E-state index contributed by atoms with van der Waals surface area (Å²) < 4.78 is 13.5. The maximum atomic E-state index is 13.5. The zero-order valence-electron chi connectivity index (χ0n) is 12.1. The van der Waals surface area contributed by atoms with Crippen molar-refractivity contribution in [1.82, 2.24) is 5.32 Å². The van der Waals surface area contributed by atoms with Gasteiger partial charge in [0.25, 0.3) is 0 Å². The van der Waals surface area contributed by atoms with Gasteiger partial charge in [-0.25, -0.2) is 4.39 Å². The Labute approximate surface area is 154 Å². The minimum absolute atomic E-state index is 0.330. The third kappa shape index (κ3) is 6.18. The molecule has 23 heavy (non-hydrogen) atoms. The molecule has 0 bridgehead atoms. The van der Waals surface area contributed by atoms with Gasteiger partial charge in [0.05, 0.1) is 5.69 Å². The van der Waals surface area contributed by atoms with Crippen LogP contribution in [0.25, 0.3) is 0 Å². The molecule has 0 aliphatic heterocycles. The Kier molecular flexibility index (Phi) is 7.43. The highest BCUT2D eigenvalue weighted by molar-refractivity contribution is 7.98. The maximum Gasteiger partial charge on any atom is 0.170 e. The largest absolute Gasteiger partial charge is 0.362 e. The summed E-state index contributed by atoms with van der Waals surface area (Å²) in [5.41, 5.74) is 1.42. The van der Waals surface area contributed by atoms with Gasteiger partial charge in [-0.05, 0) is 42.0 Å². The zero-order valence-corrected chi connectivity index (χ0v) is 15.3. The highest BCUT2D eigenvalue weighted by Gasteiger charge is 2.03. The first-order chi connectivity index (χ1) is 11.1. The number of hydrogen-bond acceptors (Lipinski definition) is 2. The smallest absolute Gasteiger partial charge is 0.170 e. The van der Waals surface area contributed by atoms with Crippen molar-refractivity contribution < 1.29 is 4.39 Å². The molecule has 2 N–H and O–H groups in total. The number of anilines is 1. The molecular weight excluding hydrogens is 374 g/mol. The Morgan fingerprint density at radius 1 is 1.17 bits per heavy atom. The zero-order chi connectivity index (χ0) is 16.7. The number of rotatable bonds is 6. The van der Waals surface area contributed by atoms with E-state index in [0.717, 1.165) is 17.1 Å². The van der Waals surface area contributed by atoms with Crippen molar-refractivity contribution in [3.05, 3.63) is 63.9 Å². The van der Waals surface area contributed by atoms with Gasteiger partial charge in [-0.15, -0.1) is 0 Å². The Balaban J connectivity index is 1.67. The summed E-state index contributed by atoms with van der Waals surface area (Å²) >= 11 is 18.8. The van der Waals surface area contributed by atoms with Crippen molar-refractivity contribution >= 4 is 58.0 Å². The van der Waals surface area contributed by atoms with Gasteiger partial charge >= 0.3 is 0 Å². The molecule has 0 amide bonds. The van der Waals surface area contributed by atoms with Gasteiger partial charge in [0.2, 0.25) is 0 Å². The summed E-state index contributed by atoms with van der Waals surface area (Å²) in [4.78, 5) is 0. The second kappa shape index (κ2) is 9.33. The van der Waals surface area contributed by atoms with E-state index in [1.165, 1.54) is 6.07 Å². The van der Waals surface area contributed by atoms with Gasteiger partial charge in [0.1, 0.15) is 5.82 Å². The van der Waals surface area contributed by atoms with Gasteiger partial charge < -0.3 is 10.6 Å². The van der Waals surface area contributed by atoms with Crippen LogP contribution in [-0.2, 0) is 5.75 Å². The summed E-state index contributed by atoms with van der Waals surface area (Å²) in [6.07, 6.45) is 0. The fourth-order valence-corrected chi connectivity index (χ4v) is 3.42. The highest BCUT2D eigenvalue weighted by atomic mass is 35.5. The van der Waals surface area contributed by atoms with Crippen LogP contribution in [0.3, 0.4) is 0 Å². The average Bonchev–Trinajstić information content (AvgIpc) is 2.51. The summed E-state index contributed by atoms with van der Waals surface area (Å²) in [6.45, 7) is 0.677. The van der Waals surface area contributed by atoms with Crippen LogP contribution in [0.2, 0.25) is 10.0 Å². The first-order valence-electron chi connectivity index (χ1n) is 6.87. The Morgan fingerprint density at radius 3 is 2.70 bits per heavy atom. The molecule has 0 aromatic heterocycles. The number of thiocarbonyl (C=S) groups is 1. The van der Waals surface area contributed by atoms with Gasteiger partial charge in [0.15, 0.2) is 5.11 Å². The highest BCUT2D eigenvalue weighted by Crippen LogP contribution is 2.24. The molecule has 0 fully saturated rings. The van der Waals surface area contributed by atoms with E-state index in [1.807, 2.05) is 12.1 Å². The number of halogens is 3. The SMILES string of the molecule is Fc1ccccc1NC(=S)NCCSCc1ccc(Cl)cc1Cl. The molecule has 2 aromatic rings. The van der Waals surface area contributed by atoms with Crippen molar-refractivity contribution in [3.8, 4) is 0 Å². The lowest BCUT2D eigenvalue weighted by molar-refractivity contribution is 0.632. The number of nitrogens with one attached hydrogen (secondary N) is 2. The summed E-state index contributed by atoms with van der Waals surface area (Å²) in [6, 6.07) is 11.9. The predicted octanol–water partition coefficient (Wildman–Crippen LogP) is 5.35. The Bertz CT molecular complexity index is 683. The molecule has 0 atom stereocenters. The first kappa shape index (κ1) is 18.3. The number of benzene rings is 2. The van der Waals surface area contributed by atoms with Crippen molar-refractivity contribution in [2.24, 2.45) is 0 Å². The van der Waals surface area contributed by atoms with E-state index in [1.54, 1.807) is 36.0 Å². The van der Waals surface area contributed by atoms with E-state index < -0.39 is 0 Å². The van der Waals surface area contributed by atoms with Crippen LogP contribution in [0.5, 0.6) is 0 Å². The van der Waals surface area contributed by atoms with Gasteiger partial charge in [-0.2, -0.15) is 11.8 Å². The molecule has 2 rings (SSSR count). The monoisotopic (exact) mass is 388 g/mol. The van der Waals surface area contributed by atoms with Crippen LogP contribution in [0.4, 0.5) is 10.1 Å². The lowest BCUT2D eigenvalue weighted by Crippen LogP contribution is -2.30. The quantitative estimate of drug-likeness (QED) is 0.514. The molecule has 7 heteroatoms. The molecule has 0 aliphatic rings. The lowest BCUT2D eigenvalue weighted by atomic mass is 10.2. The van der Waals surface area contributed by atoms with E-state index in [9.17, 15) is 4.39 Å². The van der Waals surface area contributed by atoms with Crippen LogP contribution in [0, 0.1) is 5.82 Å². The molecule has 2 nitrogen and oxygen atoms in total. The first-order valence-corrected chi connectivity index (χ1v) is 9.19. The van der Waals surface area contributed by atoms with E-state index in [4.69, 9.17) is 35.4 Å². The van der Waals surface area contributed by atoms with E-state index in [2.05, 4.69) is 10.6 Å². The lowest BCUT2D eigenvalue weighted by Gasteiger charge is -2.11. The maximum absolute atomic E-state index is 13.5. The van der Waals surface area contributed by atoms with Crippen molar-refractivity contribution in [2.45, 2.75) is 5.75 Å². The molecule has 2 aromatic carbocycles. The van der Waals surface area contributed by atoms with E-state index in [-0.39, 0.29) is 5.82 Å². The summed E-state index contributed by atoms with van der Waals surface area (Å²) in [5.74, 6) is 1.31. The minimum Gasteiger partial charge on any atom is -0.362 e. The van der Waals surface area contributed by atoms with Gasteiger partial charge in [-0.3, -0.25) is 0 Å². The second-order valence-corrected chi connectivity index (χ2v) is 7.01. The van der Waals surface area contributed by atoms with Gasteiger partial charge in [-0.1, -0.05) is 41.4 Å². The molecule has 122 valence electrons. The molecule has 0 radical (unpaired) electrons. The van der Waals surface area contributed by atoms with Crippen LogP contribution in [-0.4, -0.2) is 17.4 Å². The van der Waals surface area contributed by atoms with Crippen molar-refractivity contribution in [1.29, 1.82) is 0 Å². The fourth-order valence-electron chi connectivity index (χ4n) is 1.79. The second-order valence-electron chi connectivity index (χ2n) is 4.65. The van der Waals surface area contributed by atoms with Crippen molar-refractivity contribution in [3.63, 3.8) is 0 Å². The molecule has 0 heterocycles. The standard InChI is InChI=1S/C16H15Cl2FN2S2/c17-12-6-5-11(13(18)9-12)10-23-8-7-20-16(22)21-15-4-2-1-3-14(15)19/h1-6,9H,7-8,10H2,(H2,20,21,22). The van der Waals surface area contributed by atoms with Crippen LogP contribution < -0.4 is 10.6 Å². The Hall–Kier alpha value is -1.01. The fraction of sp³-hybridized carbons (Fsp3) is 0.188. The van der Waals surface area contributed by atoms with Crippen LogP contribution in [0.15, 0.2) is 42.5 Å². The number of thioether (sulfide) groups is 1. The van der Waals surface area contributed by atoms with E-state index >= 15 is 0 Å². The van der Waals surface area contributed by atoms with E-state index in [0.29, 0.717) is 27.4 Å². The Morgan fingerprint density at radius 2 is 1.96 bits per heavy atom. The molecule has 0 aliphatic carbocycles. The summed E-state index contributed by atoms with van der Waals surface area (Å²) in [5, 5.41) is 7.59. The third-order valence-corrected chi connectivity index (χ3v) is 4.77. The number of para-hydroxylation sites is 1. The summed E-state index contributed by atoms with van der Waals surface area (Å²) in [7, 11) is 0. The molecule has 0 unspecified atom stereocenters. The average molecular weight is 389 g/mol. The minimum atomic E-state index is -0.330. The molecular formula is C16H15Cl2FN2S2. The third-order valence-electron chi connectivity index (χ3n) is 2.93. The molecule has 0 saturated carbocycles. The van der Waals surface area contributed by atoms with Crippen LogP contribution >= 0.6 is 47.2 Å². The molecule has 0 saturated heterocycles.